The predicted octanol–water partition coefficient (Wildman–Crippen LogP) is 6.30. The van der Waals surface area contributed by atoms with Gasteiger partial charge in [0.15, 0.2) is 0 Å². The molecular weight excluding hydrogens is 301 g/mol. The molecule has 1 atom stereocenters. The third-order valence-corrected chi connectivity index (χ3v) is 4.32. The second-order valence-corrected chi connectivity index (χ2v) is 6.20. The van der Waals surface area contributed by atoms with Crippen molar-refractivity contribution in [2.75, 3.05) is 0 Å². The Morgan fingerprint density at radius 2 is 1.62 bits per heavy atom. The summed E-state index contributed by atoms with van der Waals surface area (Å²) in [7, 11) is 0. The van der Waals surface area contributed by atoms with Crippen LogP contribution < -0.4 is 0 Å². The molecule has 0 spiro atoms. The van der Waals surface area contributed by atoms with Gasteiger partial charge >= 0.3 is 0 Å². The maximum absolute atomic E-state index is 6.22. The number of hydrogen-bond donors (Lipinski definition) is 0. The third-order valence-electron chi connectivity index (χ3n) is 3.48. The molecule has 1 nitrogen and oxygen atoms in total. The summed E-state index contributed by atoms with van der Waals surface area (Å²) >= 11 is 12.3. The average Bonchev–Trinajstić information content (AvgIpc) is 2.48. The maximum atomic E-state index is 6.22. The van der Waals surface area contributed by atoms with Crippen LogP contribution in [0.15, 0.2) is 47.5 Å². The Labute approximate surface area is 136 Å². The first-order chi connectivity index (χ1) is 9.99. The number of aliphatic imine (C=N–C) groups is 1. The van der Waals surface area contributed by atoms with Gasteiger partial charge in [-0.05, 0) is 35.6 Å². The molecule has 0 saturated carbocycles. The fraction of sp³-hybridized carbons (Fsp3) is 0.278. The molecule has 0 aliphatic rings. The Morgan fingerprint density at radius 1 is 0.952 bits per heavy atom. The van der Waals surface area contributed by atoms with Crippen molar-refractivity contribution in [2.24, 2.45) is 4.99 Å². The van der Waals surface area contributed by atoms with E-state index >= 15 is 0 Å². The summed E-state index contributed by atoms with van der Waals surface area (Å²) in [6.07, 6.45) is 1.88. The van der Waals surface area contributed by atoms with Gasteiger partial charge in [-0.3, -0.25) is 4.99 Å². The molecule has 0 radical (unpaired) electrons. The van der Waals surface area contributed by atoms with Gasteiger partial charge in [0, 0.05) is 6.21 Å². The Kier molecular flexibility index (Phi) is 5.44. The Hall–Kier alpha value is -1.31. The molecule has 21 heavy (non-hydrogen) atoms. The van der Waals surface area contributed by atoms with Crippen LogP contribution >= 0.6 is 23.2 Å². The van der Waals surface area contributed by atoms with Crippen LogP contribution in [-0.2, 0) is 0 Å². The maximum Gasteiger partial charge on any atom is 0.0736 e. The van der Waals surface area contributed by atoms with E-state index in [0.29, 0.717) is 16.0 Å². The van der Waals surface area contributed by atoms with E-state index in [-0.39, 0.29) is 6.04 Å². The first-order valence-electron chi connectivity index (χ1n) is 7.06. The van der Waals surface area contributed by atoms with Gasteiger partial charge in [-0.25, -0.2) is 0 Å². The van der Waals surface area contributed by atoms with E-state index in [1.807, 2.05) is 25.3 Å². The van der Waals surface area contributed by atoms with Crippen molar-refractivity contribution in [3.63, 3.8) is 0 Å². The number of halogens is 2. The highest BCUT2D eigenvalue weighted by Crippen LogP contribution is 2.31. The number of hydrogen-bond acceptors (Lipinski definition) is 1. The van der Waals surface area contributed by atoms with Gasteiger partial charge in [0.2, 0.25) is 0 Å². The Morgan fingerprint density at radius 3 is 2.24 bits per heavy atom. The zero-order valence-corrected chi connectivity index (χ0v) is 14.0. The van der Waals surface area contributed by atoms with E-state index in [0.717, 1.165) is 11.1 Å². The fourth-order valence-electron chi connectivity index (χ4n) is 2.09. The summed E-state index contributed by atoms with van der Waals surface area (Å²) in [5.41, 5.74) is 3.36. The highest BCUT2D eigenvalue weighted by atomic mass is 35.5. The van der Waals surface area contributed by atoms with Crippen LogP contribution in [0.3, 0.4) is 0 Å². The third kappa shape index (κ3) is 4.09. The van der Waals surface area contributed by atoms with Crippen LogP contribution in [0.25, 0.3) is 0 Å². The van der Waals surface area contributed by atoms with Crippen LogP contribution in [-0.4, -0.2) is 6.21 Å². The molecule has 0 saturated heterocycles. The quantitative estimate of drug-likeness (QED) is 0.586. The van der Waals surface area contributed by atoms with Crippen molar-refractivity contribution in [3.8, 4) is 0 Å². The minimum Gasteiger partial charge on any atom is -0.285 e. The van der Waals surface area contributed by atoms with E-state index in [1.54, 1.807) is 6.07 Å². The molecule has 2 rings (SSSR count). The van der Waals surface area contributed by atoms with Gasteiger partial charge in [0.05, 0.1) is 16.1 Å². The lowest BCUT2D eigenvalue weighted by atomic mass is 10.0. The molecule has 0 heterocycles. The second-order valence-electron chi connectivity index (χ2n) is 5.42. The van der Waals surface area contributed by atoms with Gasteiger partial charge in [0.1, 0.15) is 0 Å². The van der Waals surface area contributed by atoms with Crippen LogP contribution in [0, 0.1) is 0 Å². The lowest BCUT2D eigenvalue weighted by Crippen LogP contribution is -1.93. The lowest BCUT2D eigenvalue weighted by molar-refractivity contribution is 0.825. The van der Waals surface area contributed by atoms with Crippen molar-refractivity contribution in [3.05, 3.63) is 69.2 Å². The van der Waals surface area contributed by atoms with Crippen molar-refractivity contribution >= 4 is 29.4 Å². The topological polar surface area (TPSA) is 12.4 Å². The normalized spacial score (nSPS) is 13.0. The van der Waals surface area contributed by atoms with Crippen LogP contribution in [0.5, 0.6) is 0 Å². The molecule has 2 aromatic carbocycles. The van der Waals surface area contributed by atoms with E-state index in [2.05, 4.69) is 43.1 Å². The summed E-state index contributed by atoms with van der Waals surface area (Å²) < 4.78 is 0. The Balaban J connectivity index is 2.15. The van der Waals surface area contributed by atoms with Gasteiger partial charge in [-0.1, -0.05) is 73.4 Å². The summed E-state index contributed by atoms with van der Waals surface area (Å²) in [4.78, 5) is 4.57. The highest BCUT2D eigenvalue weighted by Gasteiger charge is 2.10. The van der Waals surface area contributed by atoms with Crippen molar-refractivity contribution in [2.45, 2.75) is 32.7 Å². The van der Waals surface area contributed by atoms with Crippen molar-refractivity contribution in [1.29, 1.82) is 0 Å². The van der Waals surface area contributed by atoms with Gasteiger partial charge < -0.3 is 0 Å². The number of rotatable bonds is 4. The van der Waals surface area contributed by atoms with E-state index < -0.39 is 0 Å². The van der Waals surface area contributed by atoms with Gasteiger partial charge in [-0.15, -0.1) is 0 Å². The molecule has 0 bridgehead atoms. The van der Waals surface area contributed by atoms with Crippen molar-refractivity contribution < 1.29 is 0 Å². The first-order valence-corrected chi connectivity index (χ1v) is 7.81. The SMILES string of the molecule is CC(C)c1ccc(C=NC(C)c2cccc(Cl)c2Cl)cc1. The molecule has 2 aromatic rings. The fourth-order valence-corrected chi connectivity index (χ4v) is 2.55. The average molecular weight is 320 g/mol. The molecule has 0 N–H and O–H groups in total. The highest BCUT2D eigenvalue weighted by molar-refractivity contribution is 6.42. The molecule has 0 aliphatic heterocycles. The monoisotopic (exact) mass is 319 g/mol. The molecule has 1 unspecified atom stereocenters. The number of benzene rings is 2. The molecule has 0 aliphatic carbocycles. The molecule has 110 valence electrons. The second kappa shape index (κ2) is 7.11. The standard InChI is InChI=1S/C18H19Cl2N/c1-12(2)15-9-7-14(8-10-15)11-21-13(3)16-5-4-6-17(19)18(16)20/h4-13H,1-3H3. The zero-order valence-electron chi connectivity index (χ0n) is 12.5. The van der Waals surface area contributed by atoms with Gasteiger partial charge in [-0.2, -0.15) is 0 Å². The first kappa shape index (κ1) is 16.1. The van der Waals surface area contributed by atoms with E-state index in [4.69, 9.17) is 23.2 Å². The van der Waals surface area contributed by atoms with E-state index in [1.165, 1.54) is 5.56 Å². The largest absolute Gasteiger partial charge is 0.285 e. The van der Waals surface area contributed by atoms with Crippen LogP contribution in [0.2, 0.25) is 10.0 Å². The summed E-state index contributed by atoms with van der Waals surface area (Å²) in [6.45, 7) is 6.38. The minimum absolute atomic E-state index is 0.0269. The molecule has 3 heteroatoms. The van der Waals surface area contributed by atoms with Gasteiger partial charge in [0.25, 0.3) is 0 Å². The molecule has 0 amide bonds. The summed E-state index contributed by atoms with van der Waals surface area (Å²) in [5, 5.41) is 1.15. The molecule has 0 aromatic heterocycles. The van der Waals surface area contributed by atoms with Crippen molar-refractivity contribution in [1.82, 2.24) is 0 Å². The predicted molar refractivity (Wildman–Crippen MR) is 93.0 cm³/mol. The number of nitrogens with zero attached hydrogens (tertiary/aromatic N) is 1. The summed E-state index contributed by atoms with van der Waals surface area (Å²) in [5.74, 6) is 0.542. The lowest BCUT2D eigenvalue weighted by Gasteiger charge is -2.10. The molecule has 0 fully saturated rings. The Bertz CT molecular complexity index is 630. The zero-order chi connectivity index (χ0) is 15.4. The van der Waals surface area contributed by atoms with Crippen LogP contribution in [0.4, 0.5) is 0 Å². The minimum atomic E-state index is -0.0269. The molecular formula is C18H19Cl2N. The van der Waals surface area contributed by atoms with Crippen LogP contribution in [0.1, 0.15) is 49.4 Å². The van der Waals surface area contributed by atoms with E-state index in [9.17, 15) is 0 Å². The summed E-state index contributed by atoms with van der Waals surface area (Å²) in [6, 6.07) is 14.1. The smallest absolute Gasteiger partial charge is 0.0736 e.